The second-order valence-corrected chi connectivity index (χ2v) is 5.21. The maximum absolute atomic E-state index is 4.82. The molecule has 1 aromatic heterocycles. The molecular weight excluding hydrogens is 232 g/mol. The lowest BCUT2D eigenvalue weighted by atomic mass is 10.0. The number of nitrogens with zero attached hydrogens (tertiary/aromatic N) is 2. The normalized spacial score (nSPS) is 13.2. The van der Waals surface area contributed by atoms with Crippen LogP contribution in [0.1, 0.15) is 43.6 Å². The Bertz CT molecular complexity index is 571. The molecule has 2 aromatic rings. The third-order valence-corrected chi connectivity index (χ3v) is 4.13. The highest BCUT2D eigenvalue weighted by molar-refractivity contribution is 5.83. The van der Waals surface area contributed by atoms with Crippen LogP contribution in [0.25, 0.3) is 10.9 Å². The molecule has 1 heterocycles. The van der Waals surface area contributed by atoms with E-state index in [4.69, 9.17) is 4.98 Å². The van der Waals surface area contributed by atoms with Crippen LogP contribution < -0.4 is 0 Å². The summed E-state index contributed by atoms with van der Waals surface area (Å²) in [6.45, 7) is 13.1. The van der Waals surface area contributed by atoms with E-state index in [1.807, 2.05) is 0 Å². The molecule has 19 heavy (non-hydrogen) atoms. The zero-order valence-electron chi connectivity index (χ0n) is 12.7. The van der Waals surface area contributed by atoms with Crippen molar-refractivity contribution in [2.45, 2.75) is 40.7 Å². The summed E-state index contributed by atoms with van der Waals surface area (Å²) in [5.41, 5.74) is 4.89. The highest BCUT2D eigenvalue weighted by Gasteiger charge is 2.16. The van der Waals surface area contributed by atoms with Gasteiger partial charge in [0, 0.05) is 17.1 Å². The van der Waals surface area contributed by atoms with Crippen LogP contribution in [0.15, 0.2) is 24.3 Å². The number of hydrogen-bond acceptors (Lipinski definition) is 2. The Morgan fingerprint density at radius 2 is 1.84 bits per heavy atom. The molecule has 0 saturated heterocycles. The molecule has 0 aliphatic heterocycles. The molecule has 2 heteroatoms. The van der Waals surface area contributed by atoms with Crippen LogP contribution >= 0.6 is 0 Å². The third kappa shape index (κ3) is 2.64. The number of pyridine rings is 1. The molecule has 1 unspecified atom stereocenters. The summed E-state index contributed by atoms with van der Waals surface area (Å²) in [7, 11) is 0. The first kappa shape index (κ1) is 14.0. The van der Waals surface area contributed by atoms with Gasteiger partial charge in [-0.3, -0.25) is 9.88 Å². The van der Waals surface area contributed by atoms with Crippen molar-refractivity contribution in [2.75, 3.05) is 13.1 Å². The summed E-state index contributed by atoms with van der Waals surface area (Å²) in [6, 6.07) is 9.18. The Kier molecular flexibility index (Phi) is 4.20. The van der Waals surface area contributed by atoms with Gasteiger partial charge in [-0.25, -0.2) is 0 Å². The molecule has 102 valence electrons. The van der Waals surface area contributed by atoms with Crippen LogP contribution in [0.3, 0.4) is 0 Å². The molecule has 0 aliphatic carbocycles. The molecule has 2 rings (SSSR count). The van der Waals surface area contributed by atoms with Gasteiger partial charge in [0.25, 0.3) is 0 Å². The van der Waals surface area contributed by atoms with E-state index in [9.17, 15) is 0 Å². The first-order valence-corrected chi connectivity index (χ1v) is 7.19. The molecule has 0 aliphatic rings. The lowest BCUT2D eigenvalue weighted by Gasteiger charge is -2.27. The summed E-state index contributed by atoms with van der Waals surface area (Å²) in [5, 5.41) is 1.25. The van der Waals surface area contributed by atoms with Crippen LogP contribution in [0, 0.1) is 13.8 Å². The van der Waals surface area contributed by atoms with E-state index in [1.54, 1.807) is 0 Å². The molecule has 0 amide bonds. The van der Waals surface area contributed by atoms with Crippen LogP contribution in [-0.4, -0.2) is 23.0 Å². The molecule has 0 saturated carbocycles. The minimum atomic E-state index is 0.410. The van der Waals surface area contributed by atoms with E-state index in [1.165, 1.54) is 16.5 Å². The number of fused-ring (bicyclic) bond motifs is 1. The second-order valence-electron chi connectivity index (χ2n) is 5.21. The van der Waals surface area contributed by atoms with Crippen molar-refractivity contribution in [1.82, 2.24) is 9.88 Å². The van der Waals surface area contributed by atoms with Gasteiger partial charge >= 0.3 is 0 Å². The van der Waals surface area contributed by atoms with Crippen LogP contribution in [0.5, 0.6) is 0 Å². The topological polar surface area (TPSA) is 16.1 Å². The van der Waals surface area contributed by atoms with Gasteiger partial charge in [-0.15, -0.1) is 0 Å². The van der Waals surface area contributed by atoms with Crippen molar-refractivity contribution in [3.05, 3.63) is 41.1 Å². The molecule has 0 fully saturated rings. The number of aromatic nitrogens is 1. The number of aryl methyl sites for hydroxylation is 2. The minimum Gasteiger partial charge on any atom is -0.297 e. The van der Waals surface area contributed by atoms with E-state index in [0.29, 0.717) is 6.04 Å². The van der Waals surface area contributed by atoms with Gasteiger partial charge < -0.3 is 0 Å². The van der Waals surface area contributed by atoms with Crippen LogP contribution in [0.4, 0.5) is 0 Å². The quantitative estimate of drug-likeness (QED) is 0.812. The smallest absolute Gasteiger partial charge is 0.0753 e. The molecule has 0 spiro atoms. The van der Waals surface area contributed by atoms with E-state index in [0.717, 1.165) is 24.3 Å². The highest BCUT2D eigenvalue weighted by Crippen LogP contribution is 2.27. The van der Waals surface area contributed by atoms with Gasteiger partial charge in [-0.1, -0.05) is 32.0 Å². The monoisotopic (exact) mass is 256 g/mol. The predicted molar refractivity (Wildman–Crippen MR) is 82.6 cm³/mol. The summed E-state index contributed by atoms with van der Waals surface area (Å²) < 4.78 is 0. The highest BCUT2D eigenvalue weighted by atomic mass is 15.1. The first-order valence-electron chi connectivity index (χ1n) is 7.19. The van der Waals surface area contributed by atoms with Gasteiger partial charge in [0.15, 0.2) is 0 Å². The third-order valence-electron chi connectivity index (χ3n) is 4.13. The van der Waals surface area contributed by atoms with E-state index in [-0.39, 0.29) is 0 Å². The number of para-hydroxylation sites is 1. The molecule has 2 nitrogen and oxygen atoms in total. The predicted octanol–water partition coefficient (Wildman–Crippen LogP) is 4.25. The Hall–Kier alpha value is -1.41. The van der Waals surface area contributed by atoms with Crippen molar-refractivity contribution < 1.29 is 0 Å². The largest absolute Gasteiger partial charge is 0.297 e. The standard InChI is InChI=1S/C17H24N2/c1-6-19(7-2)14(5)16-10-8-9-15-11-12(3)13(4)18-17(15)16/h8-11,14H,6-7H2,1-5H3. The Balaban J connectivity index is 2.57. The van der Waals surface area contributed by atoms with Crippen molar-refractivity contribution >= 4 is 10.9 Å². The molecule has 0 bridgehead atoms. The molecule has 1 atom stereocenters. The average molecular weight is 256 g/mol. The molecule has 1 aromatic carbocycles. The lowest BCUT2D eigenvalue weighted by Crippen LogP contribution is -2.26. The molecule has 0 radical (unpaired) electrons. The van der Waals surface area contributed by atoms with E-state index in [2.05, 4.69) is 63.8 Å². The SMILES string of the molecule is CCN(CC)C(C)c1cccc2cc(C)c(C)nc12. The Labute approximate surface area is 116 Å². The fraction of sp³-hybridized carbons (Fsp3) is 0.471. The van der Waals surface area contributed by atoms with Crippen molar-refractivity contribution in [3.8, 4) is 0 Å². The van der Waals surface area contributed by atoms with E-state index < -0.39 is 0 Å². The van der Waals surface area contributed by atoms with E-state index >= 15 is 0 Å². The first-order chi connectivity index (χ1) is 9.08. The number of benzene rings is 1. The van der Waals surface area contributed by atoms with Gasteiger partial charge in [0.2, 0.25) is 0 Å². The maximum Gasteiger partial charge on any atom is 0.0753 e. The zero-order chi connectivity index (χ0) is 14.0. The van der Waals surface area contributed by atoms with Gasteiger partial charge in [-0.05, 0) is 51.1 Å². The Morgan fingerprint density at radius 1 is 1.16 bits per heavy atom. The van der Waals surface area contributed by atoms with Gasteiger partial charge in [0.1, 0.15) is 0 Å². The summed E-state index contributed by atoms with van der Waals surface area (Å²) in [5.74, 6) is 0. The van der Waals surface area contributed by atoms with Gasteiger partial charge in [-0.2, -0.15) is 0 Å². The van der Waals surface area contributed by atoms with Crippen LogP contribution in [-0.2, 0) is 0 Å². The Morgan fingerprint density at radius 3 is 2.47 bits per heavy atom. The fourth-order valence-corrected chi connectivity index (χ4v) is 2.72. The fourth-order valence-electron chi connectivity index (χ4n) is 2.72. The maximum atomic E-state index is 4.82. The van der Waals surface area contributed by atoms with Crippen LogP contribution in [0.2, 0.25) is 0 Å². The summed E-state index contributed by atoms with van der Waals surface area (Å²) >= 11 is 0. The minimum absolute atomic E-state index is 0.410. The average Bonchev–Trinajstić information content (AvgIpc) is 2.40. The lowest BCUT2D eigenvalue weighted by molar-refractivity contribution is 0.235. The number of rotatable bonds is 4. The van der Waals surface area contributed by atoms with Crippen molar-refractivity contribution in [1.29, 1.82) is 0 Å². The number of hydrogen-bond donors (Lipinski definition) is 0. The van der Waals surface area contributed by atoms with Gasteiger partial charge in [0.05, 0.1) is 5.52 Å². The second kappa shape index (κ2) is 5.70. The molecular formula is C17H24N2. The summed E-state index contributed by atoms with van der Waals surface area (Å²) in [6.07, 6.45) is 0. The summed E-state index contributed by atoms with van der Waals surface area (Å²) in [4.78, 5) is 7.28. The molecule has 0 N–H and O–H groups in total. The van der Waals surface area contributed by atoms with Crippen molar-refractivity contribution in [3.63, 3.8) is 0 Å². The van der Waals surface area contributed by atoms with Crippen molar-refractivity contribution in [2.24, 2.45) is 0 Å². The zero-order valence-corrected chi connectivity index (χ0v) is 12.7.